The lowest BCUT2D eigenvalue weighted by atomic mass is 9.92. The lowest BCUT2D eigenvalue weighted by molar-refractivity contribution is -0.147. The molecule has 236 valence electrons. The van der Waals surface area contributed by atoms with Gasteiger partial charge in [0.15, 0.2) is 5.82 Å². The van der Waals surface area contributed by atoms with E-state index in [0.717, 1.165) is 0 Å². The van der Waals surface area contributed by atoms with Crippen LogP contribution in [0.5, 0.6) is 11.5 Å². The average Bonchev–Trinajstić information content (AvgIpc) is 3.54. The van der Waals surface area contributed by atoms with Gasteiger partial charge in [-0.05, 0) is 42.0 Å². The summed E-state index contributed by atoms with van der Waals surface area (Å²) < 4.78 is 37.3. The quantitative estimate of drug-likeness (QED) is 0.146. The van der Waals surface area contributed by atoms with Gasteiger partial charge in [0.25, 0.3) is 0 Å². The minimum atomic E-state index is -2.55. The molecule has 0 radical (unpaired) electrons. The van der Waals surface area contributed by atoms with Crippen LogP contribution in [0.3, 0.4) is 0 Å². The Kier molecular flexibility index (Phi) is 8.93. The van der Waals surface area contributed by atoms with E-state index in [4.69, 9.17) is 24.5 Å². The van der Waals surface area contributed by atoms with E-state index in [1.165, 1.54) is 23.8 Å². The lowest BCUT2D eigenvalue weighted by Crippen LogP contribution is -2.41. The third kappa shape index (κ3) is 6.40. The van der Waals surface area contributed by atoms with E-state index in [0.29, 0.717) is 22.0 Å². The number of nitrogens with two attached hydrogens (primary N) is 1. The van der Waals surface area contributed by atoms with Crippen LogP contribution in [0.4, 0.5) is 5.82 Å². The predicted octanol–water partition coefficient (Wildman–Crippen LogP) is 2.99. The number of nitriles is 1. The zero-order valence-corrected chi connectivity index (χ0v) is 26.0. The van der Waals surface area contributed by atoms with Crippen molar-refractivity contribution in [3.05, 3.63) is 60.6 Å². The summed E-state index contributed by atoms with van der Waals surface area (Å²) in [6.45, 7) is 7.26. The Bertz CT molecular complexity index is 1780. The smallest absolute Gasteiger partial charge is 0.490 e. The number of fused-ring (bicyclic) bond motifs is 2. The maximum absolute atomic E-state index is 12.9. The van der Waals surface area contributed by atoms with E-state index in [9.17, 15) is 24.8 Å². The van der Waals surface area contributed by atoms with E-state index in [2.05, 4.69) is 15.2 Å². The lowest BCUT2D eigenvalue weighted by Gasteiger charge is -2.24. The van der Waals surface area contributed by atoms with Gasteiger partial charge in [-0.15, -0.1) is 0 Å². The Morgan fingerprint density at radius 2 is 1.93 bits per heavy atom. The molecule has 6 atom stereocenters. The molecule has 0 amide bonds. The highest BCUT2D eigenvalue weighted by Crippen LogP contribution is 2.42. The zero-order valence-electron chi connectivity index (χ0n) is 25.1. The molecule has 3 heterocycles. The molecule has 15 heteroatoms. The molecule has 1 fully saturated rings. The van der Waals surface area contributed by atoms with E-state index in [1.54, 1.807) is 42.5 Å². The number of nitrogens with zero attached hydrogens (tertiary/aromatic N) is 4. The maximum atomic E-state index is 12.9. The molecule has 1 unspecified atom stereocenters. The minimum Gasteiger partial charge on any atom is -0.490 e. The number of aliphatic hydroxyl groups excluding tert-OH is 2. The fraction of sp³-hybridized carbons (Fsp3) is 0.400. The van der Waals surface area contributed by atoms with Gasteiger partial charge in [0.05, 0.1) is 17.7 Å². The monoisotopic (exact) mass is 637 g/mol. The minimum absolute atomic E-state index is 0.164. The van der Waals surface area contributed by atoms with Crippen molar-refractivity contribution in [1.29, 1.82) is 5.26 Å². The Morgan fingerprint density at radius 1 is 1.22 bits per heavy atom. The highest BCUT2D eigenvalue weighted by atomic mass is 31.1. The second-order valence-corrected chi connectivity index (χ2v) is 12.8. The Morgan fingerprint density at radius 3 is 2.62 bits per heavy atom. The standard InChI is InChI=1S/C30H34N6O8P/c1-17(28(39)42-15-29(2,3)4)35-45(40)44-21-10-6-8-18-7-5-9-20(24(18)21)41-13-22-25(37)26(38)30(14-31,43-22)23-12-11-19-27(32)33-16-34-36(19)23/h5-12,16-17,22,25-26,37-38H,13,15H2,1-4H3,(H,35,40)(H2,32,33,34)/q+1/t17-,22+,25+,26+,30-/m0/s1. The predicted molar refractivity (Wildman–Crippen MR) is 162 cm³/mol. The third-order valence-electron chi connectivity index (χ3n) is 7.20. The van der Waals surface area contributed by atoms with Crippen molar-refractivity contribution in [2.24, 2.45) is 5.41 Å². The van der Waals surface area contributed by atoms with Gasteiger partial charge in [0, 0.05) is 4.57 Å². The molecule has 1 aliphatic heterocycles. The fourth-order valence-electron chi connectivity index (χ4n) is 4.93. The second kappa shape index (κ2) is 12.5. The normalized spacial score (nSPS) is 22.6. The maximum Gasteiger partial charge on any atom is 0.664 e. The number of hydrogen-bond acceptors (Lipinski definition) is 12. The summed E-state index contributed by atoms with van der Waals surface area (Å²) >= 11 is 0. The van der Waals surface area contributed by atoms with Crippen LogP contribution in [0.25, 0.3) is 16.3 Å². The molecule has 0 bridgehead atoms. The first-order chi connectivity index (χ1) is 21.3. The molecular weight excluding hydrogens is 603 g/mol. The number of rotatable bonds is 10. The van der Waals surface area contributed by atoms with Crippen LogP contribution in [0.15, 0.2) is 54.9 Å². The number of benzene rings is 2. The number of nitrogens with one attached hydrogen (secondary N) is 1. The van der Waals surface area contributed by atoms with Crippen LogP contribution in [0.1, 0.15) is 33.4 Å². The first-order valence-corrected chi connectivity index (χ1v) is 15.3. The molecule has 5 N–H and O–H groups in total. The highest BCUT2D eigenvalue weighted by Gasteiger charge is 2.57. The molecule has 2 aromatic carbocycles. The summed E-state index contributed by atoms with van der Waals surface area (Å²) in [4.78, 5) is 16.3. The largest absolute Gasteiger partial charge is 0.664 e. The third-order valence-corrected chi connectivity index (χ3v) is 8.16. The SMILES string of the molecule is C[C@H](N[P+](=O)Oc1cccc2cccc(OC[C@H]3O[C@@](C#N)(c4ccc5c(N)ncnn45)[C@H](O)[C@@H]3O)c12)C(=O)OCC(C)(C)C. The zero-order chi connectivity index (χ0) is 32.5. The molecule has 5 rings (SSSR count). The van der Waals surface area contributed by atoms with E-state index >= 15 is 0 Å². The van der Waals surface area contributed by atoms with Gasteiger partial charge >= 0.3 is 14.1 Å². The van der Waals surface area contributed by atoms with E-state index in [1.807, 2.05) is 26.8 Å². The van der Waals surface area contributed by atoms with Crippen LogP contribution in [-0.4, -0.2) is 68.3 Å². The number of carbonyl (C=O) groups excluding carboxylic acids is 1. The Labute approximate surface area is 259 Å². The van der Waals surface area contributed by atoms with Crippen LogP contribution in [0.2, 0.25) is 0 Å². The number of carbonyl (C=O) groups is 1. The number of hydrogen-bond donors (Lipinski definition) is 4. The molecule has 0 spiro atoms. The first kappa shape index (κ1) is 32.0. The summed E-state index contributed by atoms with van der Waals surface area (Å²) in [5.74, 6) is 0.118. The van der Waals surface area contributed by atoms with Gasteiger partial charge in [0.1, 0.15) is 54.6 Å². The molecule has 14 nitrogen and oxygen atoms in total. The first-order valence-electron chi connectivity index (χ1n) is 14.1. The molecule has 1 saturated heterocycles. The van der Waals surface area contributed by atoms with Crippen LogP contribution in [-0.2, 0) is 24.4 Å². The van der Waals surface area contributed by atoms with Crippen molar-refractivity contribution >= 4 is 36.3 Å². The molecule has 45 heavy (non-hydrogen) atoms. The van der Waals surface area contributed by atoms with Gasteiger partial charge < -0.3 is 30.2 Å². The van der Waals surface area contributed by atoms with Crippen molar-refractivity contribution in [2.75, 3.05) is 18.9 Å². The molecular formula is C30H34N6O8P+. The van der Waals surface area contributed by atoms with Gasteiger partial charge in [-0.2, -0.15) is 10.4 Å². The van der Waals surface area contributed by atoms with Crippen molar-refractivity contribution in [2.45, 2.75) is 57.6 Å². The summed E-state index contributed by atoms with van der Waals surface area (Å²) in [6.07, 6.45) is -3.08. The number of aromatic nitrogens is 3. The number of aliphatic hydroxyl groups is 2. The number of esters is 1. The molecule has 2 aromatic heterocycles. The topological polar surface area (TPSA) is 204 Å². The summed E-state index contributed by atoms with van der Waals surface area (Å²) in [7, 11) is -2.55. The van der Waals surface area contributed by atoms with Crippen molar-refractivity contribution in [3.63, 3.8) is 0 Å². The van der Waals surface area contributed by atoms with Gasteiger partial charge in [-0.25, -0.2) is 14.0 Å². The summed E-state index contributed by atoms with van der Waals surface area (Å²) in [6, 6.07) is 14.5. The van der Waals surface area contributed by atoms with E-state index in [-0.39, 0.29) is 35.9 Å². The van der Waals surface area contributed by atoms with Crippen LogP contribution in [0, 0.1) is 16.7 Å². The molecule has 0 saturated carbocycles. The Hall–Kier alpha value is -4.38. The summed E-state index contributed by atoms with van der Waals surface area (Å²) in [5, 5.41) is 40.1. The molecule has 1 aliphatic rings. The second-order valence-electron chi connectivity index (χ2n) is 11.9. The van der Waals surface area contributed by atoms with Crippen molar-refractivity contribution in [3.8, 4) is 17.6 Å². The van der Waals surface area contributed by atoms with Gasteiger partial charge in [-0.1, -0.05) is 50.1 Å². The summed E-state index contributed by atoms with van der Waals surface area (Å²) in [5.41, 5.74) is 4.29. The average molecular weight is 638 g/mol. The van der Waals surface area contributed by atoms with Gasteiger partial charge in [-0.3, -0.25) is 4.79 Å². The molecule has 4 aromatic rings. The highest BCUT2D eigenvalue weighted by molar-refractivity contribution is 7.37. The Balaban J connectivity index is 1.33. The van der Waals surface area contributed by atoms with Crippen LogP contribution >= 0.6 is 8.18 Å². The fourth-order valence-corrected chi connectivity index (χ4v) is 5.74. The van der Waals surface area contributed by atoms with Crippen molar-refractivity contribution in [1.82, 2.24) is 19.7 Å². The number of ether oxygens (including phenoxy) is 3. The van der Waals surface area contributed by atoms with Crippen molar-refractivity contribution < 1.29 is 38.3 Å². The van der Waals surface area contributed by atoms with Crippen LogP contribution < -0.4 is 20.1 Å². The molecule has 0 aliphatic carbocycles. The van der Waals surface area contributed by atoms with Gasteiger partial charge in [0.2, 0.25) is 11.4 Å². The number of anilines is 1. The number of nitrogen functional groups attached to an aromatic ring is 1. The van der Waals surface area contributed by atoms with E-state index < -0.39 is 44.1 Å².